The van der Waals surface area contributed by atoms with Crippen LogP contribution in [0.1, 0.15) is 10.5 Å². The average Bonchev–Trinajstić information content (AvgIpc) is 1.89. The van der Waals surface area contributed by atoms with Gasteiger partial charge in [-0.15, -0.1) is 0 Å². The van der Waals surface area contributed by atoms with Crippen LogP contribution in [-0.2, 0) is 0 Å². The molecule has 0 unspecified atom stereocenters. The summed E-state index contributed by atoms with van der Waals surface area (Å²) in [6, 6.07) is 0. The lowest BCUT2D eigenvalue weighted by molar-refractivity contribution is 0.111. The summed E-state index contributed by atoms with van der Waals surface area (Å²) in [6.07, 6.45) is 3.23. The normalized spacial score (nSPS) is 9.00. The maximum absolute atomic E-state index is 10.1. The third kappa shape index (κ3) is 1.23. The number of hydrogen-bond donors (Lipinski definition) is 0. The van der Waals surface area contributed by atoms with Gasteiger partial charge in [-0.2, -0.15) is 0 Å². The Morgan fingerprint density at radius 2 is 2.44 bits per heavy atom. The molecule has 0 aromatic carbocycles. The van der Waals surface area contributed by atoms with Gasteiger partial charge in [-0.05, 0) is 0 Å². The monoisotopic (exact) mass is 142 g/mol. The van der Waals surface area contributed by atoms with Crippen LogP contribution < -0.4 is 0 Å². The van der Waals surface area contributed by atoms with E-state index in [0.717, 1.165) is 0 Å². The molecule has 1 aromatic heterocycles. The van der Waals surface area contributed by atoms with Gasteiger partial charge in [0, 0.05) is 6.20 Å². The molecule has 1 aromatic rings. The largest absolute Gasteiger partial charge is 0.296 e. The van der Waals surface area contributed by atoms with Crippen molar-refractivity contribution in [1.29, 1.82) is 0 Å². The summed E-state index contributed by atoms with van der Waals surface area (Å²) in [4.78, 5) is 17.2. The van der Waals surface area contributed by atoms with Gasteiger partial charge >= 0.3 is 0 Å². The van der Waals surface area contributed by atoms with Crippen molar-refractivity contribution in [2.24, 2.45) is 0 Å². The molecule has 0 amide bonds. The van der Waals surface area contributed by atoms with Crippen LogP contribution >= 0.6 is 11.6 Å². The molecule has 0 aliphatic heterocycles. The Hall–Kier alpha value is -0.960. The zero-order valence-electron chi connectivity index (χ0n) is 4.41. The molecule has 46 valence electrons. The summed E-state index contributed by atoms with van der Waals surface area (Å²) in [5.41, 5.74) is 0.228. The number of carbonyl (C=O) groups excluding carboxylic acids is 1. The highest BCUT2D eigenvalue weighted by atomic mass is 35.5. The number of carbonyl (C=O) groups is 1. The van der Waals surface area contributed by atoms with Crippen molar-refractivity contribution in [2.45, 2.75) is 0 Å². The van der Waals surface area contributed by atoms with Gasteiger partial charge in [-0.3, -0.25) is 4.79 Å². The Balaban J connectivity index is 3.15. The van der Waals surface area contributed by atoms with Crippen LogP contribution in [0.3, 0.4) is 0 Å². The van der Waals surface area contributed by atoms with Crippen LogP contribution in [0.5, 0.6) is 0 Å². The van der Waals surface area contributed by atoms with Crippen LogP contribution in [0.15, 0.2) is 12.5 Å². The molecule has 4 heteroatoms. The van der Waals surface area contributed by atoms with E-state index in [-0.39, 0.29) is 10.7 Å². The molecule has 9 heavy (non-hydrogen) atoms. The van der Waals surface area contributed by atoms with Crippen LogP contribution in [-0.4, -0.2) is 16.3 Å². The average molecular weight is 143 g/mol. The van der Waals surface area contributed by atoms with Gasteiger partial charge < -0.3 is 0 Å². The predicted molar refractivity (Wildman–Crippen MR) is 32.4 cm³/mol. The van der Waals surface area contributed by atoms with Gasteiger partial charge in [0.2, 0.25) is 0 Å². The molecule has 1 heterocycles. The molecule has 0 N–H and O–H groups in total. The van der Waals surface area contributed by atoms with Crippen molar-refractivity contribution in [3.63, 3.8) is 0 Å². The lowest BCUT2D eigenvalue weighted by Crippen LogP contribution is -1.87. The summed E-state index contributed by atoms with van der Waals surface area (Å²) in [6.45, 7) is 0. The number of aromatic nitrogens is 2. The standard InChI is InChI=1S/C5H3ClN2O/c6-4-1-7-3-8-5(4)2-9/h1-3H. The zero-order chi connectivity index (χ0) is 6.69. The van der Waals surface area contributed by atoms with E-state index >= 15 is 0 Å². The van der Waals surface area contributed by atoms with Crippen molar-refractivity contribution in [2.75, 3.05) is 0 Å². The van der Waals surface area contributed by atoms with Crippen LogP contribution in [0.2, 0.25) is 5.02 Å². The number of hydrogen-bond acceptors (Lipinski definition) is 3. The second-order valence-electron chi connectivity index (χ2n) is 1.37. The molecule has 0 spiro atoms. The SMILES string of the molecule is O=Cc1ncncc1Cl. The maximum Gasteiger partial charge on any atom is 0.170 e. The fourth-order valence-electron chi connectivity index (χ4n) is 0.409. The summed E-state index contributed by atoms with van der Waals surface area (Å²) in [5, 5.41) is 0.285. The number of rotatable bonds is 1. The summed E-state index contributed by atoms with van der Waals surface area (Å²) in [5.74, 6) is 0. The van der Waals surface area contributed by atoms with Crippen molar-refractivity contribution in [3.05, 3.63) is 23.2 Å². The van der Waals surface area contributed by atoms with E-state index in [1.807, 2.05) is 0 Å². The van der Waals surface area contributed by atoms with E-state index in [1.54, 1.807) is 0 Å². The third-order valence-corrected chi connectivity index (χ3v) is 1.10. The van der Waals surface area contributed by atoms with Crippen LogP contribution in [0.4, 0.5) is 0 Å². The summed E-state index contributed by atoms with van der Waals surface area (Å²) in [7, 11) is 0. The van der Waals surface area contributed by atoms with Crippen molar-refractivity contribution in [3.8, 4) is 0 Å². The fraction of sp³-hybridized carbons (Fsp3) is 0. The minimum Gasteiger partial charge on any atom is -0.296 e. The van der Waals surface area contributed by atoms with E-state index in [1.165, 1.54) is 12.5 Å². The van der Waals surface area contributed by atoms with Gasteiger partial charge in [-0.1, -0.05) is 11.6 Å². The Bertz CT molecular complexity index is 226. The lowest BCUT2D eigenvalue weighted by Gasteiger charge is -1.88. The second-order valence-corrected chi connectivity index (χ2v) is 1.78. The first kappa shape index (κ1) is 6.16. The Kier molecular flexibility index (Phi) is 1.75. The van der Waals surface area contributed by atoms with Crippen molar-refractivity contribution in [1.82, 2.24) is 9.97 Å². The highest BCUT2D eigenvalue weighted by Gasteiger charge is 1.95. The van der Waals surface area contributed by atoms with Gasteiger partial charge in [-0.25, -0.2) is 9.97 Å². The van der Waals surface area contributed by atoms with Gasteiger partial charge in [0.1, 0.15) is 12.0 Å². The molecular formula is C5H3ClN2O. The molecule has 0 radical (unpaired) electrons. The molecular weight excluding hydrogens is 140 g/mol. The summed E-state index contributed by atoms with van der Waals surface area (Å²) < 4.78 is 0. The predicted octanol–water partition coefficient (Wildman–Crippen LogP) is 0.943. The molecule has 0 aliphatic carbocycles. The minimum absolute atomic E-state index is 0.228. The highest BCUT2D eigenvalue weighted by Crippen LogP contribution is 2.06. The van der Waals surface area contributed by atoms with E-state index in [0.29, 0.717) is 6.29 Å². The molecule has 0 saturated heterocycles. The van der Waals surface area contributed by atoms with E-state index in [9.17, 15) is 4.79 Å². The van der Waals surface area contributed by atoms with E-state index in [2.05, 4.69) is 9.97 Å². The molecule has 3 nitrogen and oxygen atoms in total. The first-order valence-corrected chi connectivity index (χ1v) is 2.63. The molecule has 0 atom stereocenters. The minimum atomic E-state index is 0.228. The molecule has 0 saturated carbocycles. The molecule has 1 rings (SSSR count). The van der Waals surface area contributed by atoms with E-state index < -0.39 is 0 Å². The Morgan fingerprint density at radius 3 is 2.89 bits per heavy atom. The van der Waals surface area contributed by atoms with Crippen molar-refractivity contribution < 1.29 is 4.79 Å². The Labute approximate surface area is 56.7 Å². The third-order valence-electron chi connectivity index (χ3n) is 0.808. The van der Waals surface area contributed by atoms with Crippen LogP contribution in [0.25, 0.3) is 0 Å². The topological polar surface area (TPSA) is 42.9 Å². The van der Waals surface area contributed by atoms with Gasteiger partial charge in [0.05, 0.1) is 5.02 Å². The molecule has 0 bridgehead atoms. The quantitative estimate of drug-likeness (QED) is 0.548. The molecule has 0 fully saturated rings. The zero-order valence-corrected chi connectivity index (χ0v) is 5.17. The maximum atomic E-state index is 10.1. The van der Waals surface area contributed by atoms with Gasteiger partial charge in [0.15, 0.2) is 6.29 Å². The van der Waals surface area contributed by atoms with Crippen LogP contribution in [0, 0.1) is 0 Å². The smallest absolute Gasteiger partial charge is 0.170 e. The number of halogens is 1. The first-order valence-electron chi connectivity index (χ1n) is 2.25. The van der Waals surface area contributed by atoms with Gasteiger partial charge in [0.25, 0.3) is 0 Å². The lowest BCUT2D eigenvalue weighted by atomic mass is 10.4. The second kappa shape index (κ2) is 2.55. The summed E-state index contributed by atoms with van der Waals surface area (Å²) >= 11 is 5.47. The number of nitrogens with zero attached hydrogens (tertiary/aromatic N) is 2. The highest BCUT2D eigenvalue weighted by molar-refractivity contribution is 6.32. The molecule has 0 aliphatic rings. The first-order chi connectivity index (χ1) is 4.34. The van der Waals surface area contributed by atoms with E-state index in [4.69, 9.17) is 11.6 Å². The Morgan fingerprint density at radius 1 is 1.67 bits per heavy atom. The number of aldehydes is 1. The fourth-order valence-corrected chi connectivity index (χ4v) is 0.559. The van der Waals surface area contributed by atoms with Crippen molar-refractivity contribution >= 4 is 17.9 Å².